The van der Waals surface area contributed by atoms with Crippen LogP contribution in [0.15, 0.2) is 36.0 Å². The molecule has 0 unspecified atom stereocenters. The summed E-state index contributed by atoms with van der Waals surface area (Å²) >= 11 is 0. The number of allylic oxidation sites excluding steroid dienone is 3. The Morgan fingerprint density at radius 1 is 1.38 bits per heavy atom. The van der Waals surface area contributed by atoms with Gasteiger partial charge in [-0.2, -0.15) is 0 Å². The number of amides is 1. The normalized spacial score (nSPS) is 19.0. The van der Waals surface area contributed by atoms with Crippen molar-refractivity contribution >= 4 is 17.8 Å². The predicted octanol–water partition coefficient (Wildman–Crippen LogP) is 2.84. The first-order chi connectivity index (χ1) is 11.4. The molecule has 132 valence electrons. The monoisotopic (exact) mass is 335 g/mol. The molecule has 24 heavy (non-hydrogen) atoms. The highest BCUT2D eigenvalue weighted by Crippen LogP contribution is 2.19. The van der Waals surface area contributed by atoms with Crippen molar-refractivity contribution < 1.29 is 23.9 Å². The van der Waals surface area contributed by atoms with Crippen molar-refractivity contribution in [3.63, 3.8) is 0 Å². The van der Waals surface area contributed by atoms with Gasteiger partial charge in [-0.25, -0.2) is 9.59 Å². The van der Waals surface area contributed by atoms with Gasteiger partial charge < -0.3 is 14.8 Å². The van der Waals surface area contributed by atoms with Crippen LogP contribution < -0.4 is 5.32 Å². The molecule has 0 aromatic heterocycles. The highest BCUT2D eigenvalue weighted by Gasteiger charge is 2.17. The molecule has 6 heteroatoms. The largest absolute Gasteiger partial charge is 0.455 e. The highest BCUT2D eigenvalue weighted by molar-refractivity contribution is 5.87. The molecule has 1 rings (SSSR count). The maximum absolute atomic E-state index is 11.7. The van der Waals surface area contributed by atoms with E-state index in [1.165, 1.54) is 25.2 Å². The van der Waals surface area contributed by atoms with Crippen molar-refractivity contribution in [2.45, 2.75) is 52.2 Å². The molecule has 0 saturated heterocycles. The second kappa shape index (κ2) is 10.4. The Morgan fingerprint density at radius 2 is 2.12 bits per heavy atom. The van der Waals surface area contributed by atoms with Crippen LogP contribution in [0.3, 0.4) is 0 Å². The standard InChI is InChI=1S/C18H25NO5/c1-4-23-18(22)19-16-7-5-6-15(12-16)10-11-17(21)24-14(3)9-8-13(2)20/h6,8-11,14,16H,4-5,7,12H2,1-3H3,(H,19,22)/b9-8-,11-10+/t14-,16-/m1/s1. The molecule has 0 aliphatic heterocycles. The number of rotatable bonds is 7. The summed E-state index contributed by atoms with van der Waals surface area (Å²) in [5.74, 6) is -0.571. The zero-order valence-electron chi connectivity index (χ0n) is 14.4. The SMILES string of the molecule is CCOC(=O)N[C@@H]1CCC=C(/C=C/C(=O)O[C@H](C)/C=C\C(C)=O)C1. The van der Waals surface area contributed by atoms with Crippen molar-refractivity contribution in [3.05, 3.63) is 36.0 Å². The average Bonchev–Trinajstić information content (AvgIpc) is 2.51. The molecule has 1 aliphatic rings. The molecule has 0 aromatic carbocycles. The summed E-state index contributed by atoms with van der Waals surface area (Å²) in [5.41, 5.74) is 0.965. The lowest BCUT2D eigenvalue weighted by Crippen LogP contribution is -2.36. The first-order valence-corrected chi connectivity index (χ1v) is 8.10. The van der Waals surface area contributed by atoms with Crippen molar-refractivity contribution in [2.24, 2.45) is 0 Å². The quantitative estimate of drug-likeness (QED) is 0.571. The molecule has 0 spiro atoms. The van der Waals surface area contributed by atoms with Crippen LogP contribution in [0.1, 0.15) is 40.0 Å². The zero-order valence-corrected chi connectivity index (χ0v) is 14.4. The second-order valence-corrected chi connectivity index (χ2v) is 5.57. The summed E-state index contributed by atoms with van der Waals surface area (Å²) in [6, 6.07) is 0.00199. The Labute approximate surface area is 142 Å². The van der Waals surface area contributed by atoms with Gasteiger partial charge in [-0.15, -0.1) is 0 Å². The maximum atomic E-state index is 11.7. The number of hydrogen-bond acceptors (Lipinski definition) is 5. The third kappa shape index (κ3) is 8.31. The van der Waals surface area contributed by atoms with Crippen LogP contribution >= 0.6 is 0 Å². The minimum absolute atomic E-state index is 0.00199. The molecular weight excluding hydrogens is 310 g/mol. The lowest BCUT2D eigenvalue weighted by atomic mass is 9.94. The van der Waals surface area contributed by atoms with Crippen LogP contribution in [0.25, 0.3) is 0 Å². The van der Waals surface area contributed by atoms with E-state index in [1.807, 2.05) is 6.08 Å². The fourth-order valence-corrected chi connectivity index (χ4v) is 2.25. The fourth-order valence-electron chi connectivity index (χ4n) is 2.25. The molecule has 0 saturated carbocycles. The van der Waals surface area contributed by atoms with E-state index in [9.17, 15) is 14.4 Å². The molecule has 0 radical (unpaired) electrons. The summed E-state index contributed by atoms with van der Waals surface area (Å²) in [5, 5.41) is 2.80. The van der Waals surface area contributed by atoms with Crippen LogP contribution in [-0.4, -0.2) is 36.6 Å². The van der Waals surface area contributed by atoms with E-state index < -0.39 is 18.2 Å². The molecule has 0 bridgehead atoms. The van der Waals surface area contributed by atoms with E-state index >= 15 is 0 Å². The summed E-state index contributed by atoms with van der Waals surface area (Å²) in [6.07, 6.45) is 9.41. The van der Waals surface area contributed by atoms with Crippen LogP contribution in [0.5, 0.6) is 0 Å². The molecule has 0 aromatic rings. The Bertz CT molecular complexity index is 548. The van der Waals surface area contributed by atoms with Gasteiger partial charge in [0, 0.05) is 12.1 Å². The molecular formula is C18H25NO5. The molecule has 1 N–H and O–H groups in total. The van der Waals surface area contributed by atoms with Gasteiger partial charge in [0.25, 0.3) is 0 Å². The lowest BCUT2D eigenvalue weighted by molar-refractivity contribution is -0.140. The summed E-state index contributed by atoms with van der Waals surface area (Å²) < 4.78 is 10.0. The number of esters is 1. The van der Waals surface area contributed by atoms with E-state index in [0.29, 0.717) is 13.0 Å². The molecule has 1 amide bonds. The van der Waals surface area contributed by atoms with E-state index in [4.69, 9.17) is 9.47 Å². The van der Waals surface area contributed by atoms with Crippen molar-refractivity contribution in [2.75, 3.05) is 6.61 Å². The maximum Gasteiger partial charge on any atom is 0.407 e. The lowest BCUT2D eigenvalue weighted by Gasteiger charge is -2.22. The van der Waals surface area contributed by atoms with Gasteiger partial charge in [-0.3, -0.25) is 4.79 Å². The number of ketones is 1. The summed E-state index contributed by atoms with van der Waals surface area (Å²) in [4.78, 5) is 34.0. The number of alkyl carbamates (subject to hydrolysis) is 1. The van der Waals surface area contributed by atoms with Gasteiger partial charge >= 0.3 is 12.1 Å². The molecule has 1 aliphatic carbocycles. The minimum Gasteiger partial charge on any atom is -0.455 e. The second-order valence-electron chi connectivity index (χ2n) is 5.57. The Balaban J connectivity index is 2.45. The van der Waals surface area contributed by atoms with E-state index in [0.717, 1.165) is 18.4 Å². The van der Waals surface area contributed by atoms with E-state index in [-0.39, 0.29) is 11.8 Å². The smallest absolute Gasteiger partial charge is 0.407 e. The van der Waals surface area contributed by atoms with E-state index in [1.54, 1.807) is 19.9 Å². The Hall–Kier alpha value is -2.37. The predicted molar refractivity (Wildman–Crippen MR) is 90.4 cm³/mol. The van der Waals surface area contributed by atoms with Crippen LogP contribution in [0.4, 0.5) is 4.79 Å². The zero-order chi connectivity index (χ0) is 17.9. The third-order valence-electron chi connectivity index (χ3n) is 3.34. The van der Waals surface area contributed by atoms with Crippen LogP contribution in [0.2, 0.25) is 0 Å². The highest BCUT2D eigenvalue weighted by atomic mass is 16.5. The topological polar surface area (TPSA) is 81.7 Å². The summed E-state index contributed by atoms with van der Waals surface area (Å²) in [6.45, 7) is 5.21. The number of nitrogens with one attached hydrogen (secondary N) is 1. The van der Waals surface area contributed by atoms with E-state index in [2.05, 4.69) is 5.32 Å². The van der Waals surface area contributed by atoms with Gasteiger partial charge in [0.1, 0.15) is 6.10 Å². The third-order valence-corrected chi connectivity index (χ3v) is 3.34. The molecule has 6 nitrogen and oxygen atoms in total. The summed E-state index contributed by atoms with van der Waals surface area (Å²) in [7, 11) is 0. The van der Waals surface area contributed by atoms with Crippen molar-refractivity contribution in [1.82, 2.24) is 5.32 Å². The van der Waals surface area contributed by atoms with Crippen molar-refractivity contribution in [1.29, 1.82) is 0 Å². The van der Waals surface area contributed by atoms with Gasteiger partial charge in [-0.1, -0.05) is 12.2 Å². The Kier molecular flexibility index (Phi) is 8.54. The number of hydrogen-bond donors (Lipinski definition) is 1. The number of carbonyl (C=O) groups is 3. The average molecular weight is 335 g/mol. The molecule has 0 heterocycles. The Morgan fingerprint density at radius 3 is 2.79 bits per heavy atom. The first-order valence-electron chi connectivity index (χ1n) is 8.10. The van der Waals surface area contributed by atoms with Crippen LogP contribution in [0, 0.1) is 0 Å². The van der Waals surface area contributed by atoms with Crippen LogP contribution in [-0.2, 0) is 19.1 Å². The van der Waals surface area contributed by atoms with Gasteiger partial charge in [0.2, 0.25) is 0 Å². The number of carbonyl (C=O) groups excluding carboxylic acids is 3. The first kappa shape index (κ1) is 19.7. The van der Waals surface area contributed by atoms with Gasteiger partial charge in [0.05, 0.1) is 6.61 Å². The number of ether oxygens (including phenoxy) is 2. The van der Waals surface area contributed by atoms with Crippen molar-refractivity contribution in [3.8, 4) is 0 Å². The molecule has 2 atom stereocenters. The van der Waals surface area contributed by atoms with Gasteiger partial charge in [0.15, 0.2) is 5.78 Å². The molecule has 0 fully saturated rings. The van der Waals surface area contributed by atoms with Gasteiger partial charge in [-0.05, 0) is 57.8 Å². The fraction of sp³-hybridized carbons (Fsp3) is 0.500. The minimum atomic E-state index is -0.475.